The van der Waals surface area contributed by atoms with Gasteiger partial charge in [-0.05, 0) is 42.8 Å². The quantitative estimate of drug-likeness (QED) is 0.783. The molecule has 0 aliphatic heterocycles. The molecule has 21 heavy (non-hydrogen) atoms. The number of phenolic OH excluding ortho intramolecular Hbond substituents is 1. The Balaban J connectivity index is 1.85. The number of hydrogen-bond donors (Lipinski definition) is 2. The second-order valence-electron chi connectivity index (χ2n) is 4.63. The standard InChI is InChI=1S/C16H16BrNO2S/c1-11(12-5-7-13(17)8-6-12)18-16(20)10-21-15-4-2-3-14(19)9-15/h2-9,11,19H,10H2,1H3,(H,18,20). The number of amides is 1. The Hall–Kier alpha value is -1.46. The molecule has 0 radical (unpaired) electrons. The lowest BCUT2D eigenvalue weighted by molar-refractivity contribution is -0.119. The van der Waals surface area contributed by atoms with Crippen LogP contribution in [0.5, 0.6) is 5.75 Å². The highest BCUT2D eigenvalue weighted by Gasteiger charge is 2.10. The van der Waals surface area contributed by atoms with Crippen molar-refractivity contribution in [1.29, 1.82) is 0 Å². The Kier molecular flexibility index (Phi) is 5.70. The van der Waals surface area contributed by atoms with Crippen LogP contribution in [-0.4, -0.2) is 16.8 Å². The highest BCUT2D eigenvalue weighted by Crippen LogP contribution is 2.22. The number of carbonyl (C=O) groups excluding carboxylic acids is 1. The summed E-state index contributed by atoms with van der Waals surface area (Å²) < 4.78 is 1.02. The summed E-state index contributed by atoms with van der Waals surface area (Å²) >= 11 is 4.79. The van der Waals surface area contributed by atoms with Crippen molar-refractivity contribution in [3.8, 4) is 5.75 Å². The predicted molar refractivity (Wildman–Crippen MR) is 89.5 cm³/mol. The molecule has 2 N–H and O–H groups in total. The van der Waals surface area contributed by atoms with Crippen LogP contribution in [0.3, 0.4) is 0 Å². The average Bonchev–Trinajstić information content (AvgIpc) is 2.46. The maximum absolute atomic E-state index is 11.9. The van der Waals surface area contributed by atoms with Crippen molar-refractivity contribution in [3.63, 3.8) is 0 Å². The van der Waals surface area contributed by atoms with Gasteiger partial charge in [-0.1, -0.05) is 34.1 Å². The third-order valence-electron chi connectivity index (χ3n) is 2.94. The van der Waals surface area contributed by atoms with E-state index in [-0.39, 0.29) is 17.7 Å². The van der Waals surface area contributed by atoms with E-state index in [4.69, 9.17) is 0 Å². The number of rotatable bonds is 5. The molecule has 0 aromatic heterocycles. The summed E-state index contributed by atoms with van der Waals surface area (Å²) in [5.41, 5.74) is 1.06. The zero-order valence-corrected chi connectivity index (χ0v) is 13.9. The maximum Gasteiger partial charge on any atom is 0.230 e. The Labute approximate surface area is 136 Å². The van der Waals surface area contributed by atoms with E-state index < -0.39 is 0 Å². The zero-order valence-electron chi connectivity index (χ0n) is 11.5. The van der Waals surface area contributed by atoms with Gasteiger partial charge in [0.05, 0.1) is 11.8 Å². The summed E-state index contributed by atoms with van der Waals surface area (Å²) in [7, 11) is 0. The van der Waals surface area contributed by atoms with E-state index in [1.54, 1.807) is 18.2 Å². The maximum atomic E-state index is 11.9. The molecule has 2 aromatic rings. The summed E-state index contributed by atoms with van der Waals surface area (Å²) in [6.45, 7) is 1.96. The molecule has 5 heteroatoms. The number of thioether (sulfide) groups is 1. The van der Waals surface area contributed by atoms with E-state index in [9.17, 15) is 9.90 Å². The first-order chi connectivity index (χ1) is 10.0. The van der Waals surface area contributed by atoms with Crippen LogP contribution in [0.4, 0.5) is 0 Å². The number of aromatic hydroxyl groups is 1. The molecular weight excluding hydrogens is 350 g/mol. The van der Waals surface area contributed by atoms with Crippen LogP contribution in [0.2, 0.25) is 0 Å². The van der Waals surface area contributed by atoms with Gasteiger partial charge in [-0.2, -0.15) is 0 Å². The molecular formula is C16H16BrNO2S. The number of halogens is 1. The van der Waals surface area contributed by atoms with Crippen molar-refractivity contribution in [2.45, 2.75) is 17.9 Å². The van der Waals surface area contributed by atoms with Crippen molar-refractivity contribution < 1.29 is 9.90 Å². The van der Waals surface area contributed by atoms with Crippen LogP contribution >= 0.6 is 27.7 Å². The van der Waals surface area contributed by atoms with E-state index in [2.05, 4.69) is 21.2 Å². The smallest absolute Gasteiger partial charge is 0.230 e. The van der Waals surface area contributed by atoms with Gasteiger partial charge in [0.15, 0.2) is 0 Å². The van der Waals surface area contributed by atoms with Crippen molar-refractivity contribution in [1.82, 2.24) is 5.32 Å². The zero-order chi connectivity index (χ0) is 15.2. The summed E-state index contributed by atoms with van der Waals surface area (Å²) in [5, 5.41) is 12.3. The minimum atomic E-state index is -0.0321. The summed E-state index contributed by atoms with van der Waals surface area (Å²) in [4.78, 5) is 12.8. The van der Waals surface area contributed by atoms with Crippen molar-refractivity contribution >= 4 is 33.6 Å². The van der Waals surface area contributed by atoms with Gasteiger partial charge in [0.1, 0.15) is 5.75 Å². The molecule has 0 aliphatic rings. The van der Waals surface area contributed by atoms with Crippen molar-refractivity contribution in [3.05, 3.63) is 58.6 Å². The normalized spacial score (nSPS) is 11.9. The van der Waals surface area contributed by atoms with E-state index in [0.717, 1.165) is 14.9 Å². The summed E-state index contributed by atoms with van der Waals surface area (Å²) in [6.07, 6.45) is 0. The minimum absolute atomic E-state index is 0.0289. The van der Waals surface area contributed by atoms with Gasteiger partial charge in [-0.25, -0.2) is 0 Å². The van der Waals surface area contributed by atoms with Gasteiger partial charge < -0.3 is 10.4 Å². The molecule has 0 saturated carbocycles. The van der Waals surface area contributed by atoms with Crippen LogP contribution in [0.25, 0.3) is 0 Å². The second-order valence-corrected chi connectivity index (χ2v) is 6.59. The molecule has 0 heterocycles. The Bertz CT molecular complexity index is 616. The highest BCUT2D eigenvalue weighted by atomic mass is 79.9. The van der Waals surface area contributed by atoms with E-state index in [1.165, 1.54) is 11.8 Å². The predicted octanol–water partition coefficient (Wildman–Crippen LogP) is 4.12. The van der Waals surface area contributed by atoms with Gasteiger partial charge in [-0.15, -0.1) is 11.8 Å². The molecule has 0 aliphatic carbocycles. The molecule has 1 amide bonds. The third kappa shape index (κ3) is 5.10. The van der Waals surface area contributed by atoms with Crippen molar-refractivity contribution in [2.24, 2.45) is 0 Å². The molecule has 1 atom stereocenters. The highest BCUT2D eigenvalue weighted by molar-refractivity contribution is 9.10. The molecule has 0 bridgehead atoms. The third-order valence-corrected chi connectivity index (χ3v) is 4.46. The Morgan fingerprint density at radius 3 is 2.67 bits per heavy atom. The lowest BCUT2D eigenvalue weighted by Crippen LogP contribution is -2.28. The van der Waals surface area contributed by atoms with Crippen LogP contribution in [0, 0.1) is 0 Å². The largest absolute Gasteiger partial charge is 0.508 e. The molecule has 1 unspecified atom stereocenters. The minimum Gasteiger partial charge on any atom is -0.508 e. The van der Waals surface area contributed by atoms with Crippen molar-refractivity contribution in [2.75, 3.05) is 5.75 Å². The molecule has 0 spiro atoms. The Morgan fingerprint density at radius 2 is 2.00 bits per heavy atom. The topological polar surface area (TPSA) is 49.3 Å². The molecule has 0 fully saturated rings. The van der Waals surface area contributed by atoms with Crippen LogP contribution < -0.4 is 5.32 Å². The van der Waals surface area contributed by atoms with Crippen LogP contribution in [-0.2, 0) is 4.79 Å². The van der Waals surface area contributed by atoms with Gasteiger partial charge >= 0.3 is 0 Å². The van der Waals surface area contributed by atoms with Crippen LogP contribution in [0.1, 0.15) is 18.5 Å². The summed E-state index contributed by atoms with van der Waals surface area (Å²) in [6, 6.07) is 14.7. The van der Waals surface area contributed by atoms with Gasteiger partial charge in [0.25, 0.3) is 0 Å². The first kappa shape index (κ1) is 15.9. The molecule has 110 valence electrons. The second kappa shape index (κ2) is 7.52. The molecule has 2 rings (SSSR count). The fourth-order valence-corrected chi connectivity index (χ4v) is 2.86. The number of hydrogen-bond acceptors (Lipinski definition) is 3. The van der Waals surface area contributed by atoms with E-state index >= 15 is 0 Å². The number of carbonyl (C=O) groups is 1. The number of nitrogens with one attached hydrogen (secondary N) is 1. The molecule has 3 nitrogen and oxygen atoms in total. The first-order valence-corrected chi connectivity index (χ1v) is 8.29. The molecule has 2 aromatic carbocycles. The number of phenols is 1. The first-order valence-electron chi connectivity index (χ1n) is 6.51. The lowest BCUT2D eigenvalue weighted by atomic mass is 10.1. The number of benzene rings is 2. The lowest BCUT2D eigenvalue weighted by Gasteiger charge is -2.14. The average molecular weight is 366 g/mol. The fourth-order valence-electron chi connectivity index (χ4n) is 1.84. The molecule has 0 saturated heterocycles. The van der Waals surface area contributed by atoms with E-state index in [1.807, 2.05) is 37.3 Å². The summed E-state index contributed by atoms with van der Waals surface area (Å²) in [5.74, 6) is 0.507. The fraction of sp³-hybridized carbons (Fsp3) is 0.188. The monoisotopic (exact) mass is 365 g/mol. The van der Waals surface area contributed by atoms with Gasteiger partial charge in [-0.3, -0.25) is 4.79 Å². The van der Waals surface area contributed by atoms with Gasteiger partial charge in [0.2, 0.25) is 5.91 Å². The van der Waals surface area contributed by atoms with E-state index in [0.29, 0.717) is 5.75 Å². The van der Waals surface area contributed by atoms with Gasteiger partial charge in [0, 0.05) is 9.37 Å². The van der Waals surface area contributed by atoms with Crippen LogP contribution in [0.15, 0.2) is 57.9 Å². The SMILES string of the molecule is CC(NC(=O)CSc1cccc(O)c1)c1ccc(Br)cc1. The Morgan fingerprint density at radius 1 is 1.29 bits per heavy atom.